The molecule has 1 aromatic carbocycles. The van der Waals surface area contributed by atoms with Crippen LogP contribution < -0.4 is 5.73 Å². The molecule has 0 radical (unpaired) electrons. The van der Waals surface area contributed by atoms with Crippen LogP contribution in [-0.4, -0.2) is 27.1 Å². The molecule has 4 N–H and O–H groups in total. The van der Waals surface area contributed by atoms with Gasteiger partial charge in [0.1, 0.15) is 5.76 Å². The lowest BCUT2D eigenvalue weighted by atomic mass is 10.1. The van der Waals surface area contributed by atoms with Crippen molar-refractivity contribution < 1.29 is 24.2 Å². The molecule has 0 saturated heterocycles. The Balaban J connectivity index is 0.000000431. The summed E-state index contributed by atoms with van der Waals surface area (Å²) in [6.45, 7) is 3.50. The molecule has 3 aromatic rings. The maximum absolute atomic E-state index is 11.4. The van der Waals surface area contributed by atoms with Gasteiger partial charge in [0.25, 0.3) is 5.91 Å². The summed E-state index contributed by atoms with van der Waals surface area (Å²) in [6, 6.07) is 11.2. The standard InChI is InChI=1S/C16H14N2O3.C3H6O2/c1-2-11-15-10(14(19)13(18-11)16(17)20)8-12(21-15)9-6-4-3-5-7-9;1-2-3(4)5/h3-8,19H,2H2,1H3,(H2,17,20);2H2,1H3,(H,4,5). The van der Waals surface area contributed by atoms with Crippen LogP contribution in [0, 0.1) is 0 Å². The zero-order chi connectivity index (χ0) is 19.3. The minimum atomic E-state index is -0.758. The molecule has 2 heterocycles. The van der Waals surface area contributed by atoms with Crippen molar-refractivity contribution in [2.24, 2.45) is 5.73 Å². The van der Waals surface area contributed by atoms with Gasteiger partial charge in [-0.3, -0.25) is 9.59 Å². The normalized spacial score (nSPS) is 10.2. The number of carboxylic acids is 1. The zero-order valence-corrected chi connectivity index (χ0v) is 14.5. The molecular formula is C19H20N2O5. The van der Waals surface area contributed by atoms with Gasteiger partial charge in [-0.25, -0.2) is 4.98 Å². The van der Waals surface area contributed by atoms with Crippen molar-refractivity contribution in [3.8, 4) is 17.1 Å². The third-order valence-electron chi connectivity index (χ3n) is 3.65. The Bertz CT molecular complexity index is 932. The Labute approximate surface area is 150 Å². The highest BCUT2D eigenvalue weighted by molar-refractivity contribution is 6.01. The monoisotopic (exact) mass is 356 g/mol. The number of nitrogens with zero attached hydrogens (tertiary/aromatic N) is 1. The Morgan fingerprint density at radius 3 is 2.31 bits per heavy atom. The number of nitrogens with two attached hydrogens (primary N) is 1. The fraction of sp³-hybridized carbons (Fsp3) is 0.211. The highest BCUT2D eigenvalue weighted by atomic mass is 16.4. The number of hydrogen-bond acceptors (Lipinski definition) is 5. The van der Waals surface area contributed by atoms with Crippen molar-refractivity contribution in [2.45, 2.75) is 26.7 Å². The summed E-state index contributed by atoms with van der Waals surface area (Å²) in [5.74, 6) is -1.13. The molecule has 0 bridgehead atoms. The number of primary amides is 1. The van der Waals surface area contributed by atoms with E-state index in [9.17, 15) is 14.7 Å². The van der Waals surface area contributed by atoms with Crippen LogP contribution >= 0.6 is 0 Å². The number of benzene rings is 1. The van der Waals surface area contributed by atoms with Crippen LogP contribution in [0.5, 0.6) is 5.75 Å². The highest BCUT2D eigenvalue weighted by Gasteiger charge is 2.20. The molecule has 0 aliphatic carbocycles. The predicted octanol–water partition coefficient (Wildman–Crippen LogP) is 3.34. The van der Waals surface area contributed by atoms with Crippen molar-refractivity contribution in [3.63, 3.8) is 0 Å². The van der Waals surface area contributed by atoms with Crippen molar-refractivity contribution in [2.75, 3.05) is 0 Å². The first-order valence-electron chi connectivity index (χ1n) is 8.11. The maximum Gasteiger partial charge on any atom is 0.303 e. The summed E-state index contributed by atoms with van der Waals surface area (Å²) in [7, 11) is 0. The van der Waals surface area contributed by atoms with Crippen LogP contribution in [-0.2, 0) is 11.2 Å². The second kappa shape index (κ2) is 8.15. The van der Waals surface area contributed by atoms with Crippen molar-refractivity contribution in [3.05, 3.63) is 47.8 Å². The lowest BCUT2D eigenvalue weighted by Crippen LogP contribution is -2.14. The molecule has 0 saturated carbocycles. The molecule has 26 heavy (non-hydrogen) atoms. The first kappa shape index (κ1) is 19.0. The second-order valence-electron chi connectivity index (χ2n) is 5.44. The minimum Gasteiger partial charge on any atom is -0.505 e. The van der Waals surface area contributed by atoms with Gasteiger partial charge in [0.2, 0.25) is 0 Å². The fourth-order valence-electron chi connectivity index (χ4n) is 2.30. The van der Waals surface area contributed by atoms with Gasteiger partial charge in [0.15, 0.2) is 17.0 Å². The van der Waals surface area contributed by atoms with Gasteiger partial charge in [-0.2, -0.15) is 0 Å². The first-order chi connectivity index (χ1) is 12.4. The number of carbonyl (C=O) groups excluding carboxylic acids is 1. The van der Waals surface area contributed by atoms with E-state index in [2.05, 4.69) is 4.98 Å². The van der Waals surface area contributed by atoms with Crippen LogP contribution in [0.1, 0.15) is 36.5 Å². The Morgan fingerprint density at radius 1 is 1.19 bits per heavy atom. The van der Waals surface area contributed by atoms with Gasteiger partial charge in [-0.15, -0.1) is 0 Å². The van der Waals surface area contributed by atoms with E-state index in [0.717, 1.165) is 5.56 Å². The van der Waals surface area contributed by atoms with E-state index in [4.69, 9.17) is 15.3 Å². The summed E-state index contributed by atoms with van der Waals surface area (Å²) < 4.78 is 5.82. The molecule has 136 valence electrons. The Morgan fingerprint density at radius 2 is 1.81 bits per heavy atom. The zero-order valence-electron chi connectivity index (χ0n) is 14.5. The van der Waals surface area contributed by atoms with Gasteiger partial charge in [-0.1, -0.05) is 44.2 Å². The van der Waals surface area contributed by atoms with Crippen LogP contribution in [0.2, 0.25) is 0 Å². The van der Waals surface area contributed by atoms with Crippen molar-refractivity contribution >= 4 is 22.8 Å². The number of aryl methyl sites for hydroxylation is 1. The summed E-state index contributed by atoms with van der Waals surface area (Å²) in [5.41, 5.74) is 7.10. The largest absolute Gasteiger partial charge is 0.505 e. The second-order valence-corrected chi connectivity index (χ2v) is 5.44. The number of aromatic nitrogens is 1. The Kier molecular flexibility index (Phi) is 5.95. The third kappa shape index (κ3) is 4.00. The average Bonchev–Trinajstić information content (AvgIpc) is 3.09. The highest BCUT2D eigenvalue weighted by Crippen LogP contribution is 2.36. The van der Waals surface area contributed by atoms with Crippen molar-refractivity contribution in [1.29, 1.82) is 0 Å². The van der Waals surface area contributed by atoms with E-state index in [1.165, 1.54) is 0 Å². The summed E-state index contributed by atoms with van der Waals surface area (Å²) in [4.78, 5) is 24.9. The van der Waals surface area contributed by atoms with Crippen molar-refractivity contribution in [1.82, 2.24) is 4.98 Å². The molecule has 2 aromatic heterocycles. The van der Waals surface area contributed by atoms with Gasteiger partial charge in [0, 0.05) is 12.0 Å². The van der Waals surface area contributed by atoms with E-state index in [-0.39, 0.29) is 17.9 Å². The minimum absolute atomic E-state index is 0.125. The quantitative estimate of drug-likeness (QED) is 0.658. The van der Waals surface area contributed by atoms with Gasteiger partial charge in [0.05, 0.1) is 11.1 Å². The average molecular weight is 356 g/mol. The molecule has 0 atom stereocenters. The van der Waals surface area contributed by atoms with Gasteiger partial charge < -0.3 is 20.4 Å². The van der Waals surface area contributed by atoms with E-state index in [1.54, 1.807) is 13.0 Å². The maximum atomic E-state index is 11.4. The fourth-order valence-corrected chi connectivity index (χ4v) is 2.30. The van der Waals surface area contributed by atoms with E-state index in [1.807, 2.05) is 37.3 Å². The number of fused-ring (bicyclic) bond motifs is 1. The van der Waals surface area contributed by atoms with Crippen LogP contribution in [0.15, 0.2) is 40.8 Å². The predicted molar refractivity (Wildman–Crippen MR) is 96.9 cm³/mol. The van der Waals surface area contributed by atoms with E-state index < -0.39 is 11.9 Å². The first-order valence-corrected chi connectivity index (χ1v) is 8.11. The molecule has 7 heteroatoms. The van der Waals surface area contributed by atoms with E-state index in [0.29, 0.717) is 28.8 Å². The number of hydrogen-bond donors (Lipinski definition) is 3. The molecule has 3 rings (SSSR count). The number of carboxylic acid groups (broad SMARTS) is 1. The summed E-state index contributed by atoms with van der Waals surface area (Å²) >= 11 is 0. The number of furan rings is 1. The molecular weight excluding hydrogens is 336 g/mol. The number of rotatable bonds is 4. The summed E-state index contributed by atoms with van der Waals surface area (Å²) in [5, 5.41) is 18.4. The smallest absolute Gasteiger partial charge is 0.303 e. The molecule has 0 unspecified atom stereocenters. The third-order valence-corrected chi connectivity index (χ3v) is 3.65. The molecule has 0 aliphatic heterocycles. The topological polar surface area (TPSA) is 127 Å². The molecule has 0 aliphatic rings. The van der Waals surface area contributed by atoms with E-state index >= 15 is 0 Å². The van der Waals surface area contributed by atoms with Crippen LogP contribution in [0.4, 0.5) is 0 Å². The molecule has 0 fully saturated rings. The number of aromatic hydroxyl groups is 1. The van der Waals surface area contributed by atoms with Crippen LogP contribution in [0.3, 0.4) is 0 Å². The molecule has 0 spiro atoms. The van der Waals surface area contributed by atoms with Gasteiger partial charge >= 0.3 is 5.97 Å². The number of pyridine rings is 1. The molecule has 7 nitrogen and oxygen atoms in total. The van der Waals surface area contributed by atoms with Gasteiger partial charge in [-0.05, 0) is 12.5 Å². The lowest BCUT2D eigenvalue weighted by molar-refractivity contribution is -0.136. The summed E-state index contributed by atoms with van der Waals surface area (Å²) in [6.07, 6.45) is 0.790. The number of carbonyl (C=O) groups is 2. The Hall–Kier alpha value is -3.35. The SMILES string of the molecule is CCC(=O)O.CCc1nc(C(N)=O)c(O)c2cc(-c3ccccc3)oc12. The lowest BCUT2D eigenvalue weighted by Gasteiger charge is -2.04. The number of amides is 1. The molecule has 1 amide bonds. The number of aliphatic carboxylic acids is 1. The van der Waals surface area contributed by atoms with Crippen LogP contribution in [0.25, 0.3) is 22.3 Å².